The third-order valence-electron chi connectivity index (χ3n) is 4.59. The molecule has 0 aliphatic carbocycles. The van der Waals surface area contributed by atoms with Gasteiger partial charge in [-0.3, -0.25) is 4.79 Å². The molecule has 1 amide bonds. The molecular formula is C22H18Br2ClNO3S. The summed E-state index contributed by atoms with van der Waals surface area (Å²) in [4.78, 5) is 24.7. The number of benzene rings is 2. The van der Waals surface area contributed by atoms with Crippen LogP contribution in [0.4, 0.5) is 0 Å². The van der Waals surface area contributed by atoms with Crippen LogP contribution >= 0.6 is 54.8 Å². The highest BCUT2D eigenvalue weighted by Gasteiger charge is 2.23. The molecule has 1 N–H and O–H groups in total. The van der Waals surface area contributed by atoms with Crippen molar-refractivity contribution in [2.24, 2.45) is 0 Å². The van der Waals surface area contributed by atoms with Crippen LogP contribution in [0.15, 0.2) is 56.1 Å². The van der Waals surface area contributed by atoms with Crippen LogP contribution in [0, 0.1) is 0 Å². The van der Waals surface area contributed by atoms with E-state index in [2.05, 4.69) is 37.2 Å². The lowest BCUT2D eigenvalue weighted by molar-refractivity contribution is 0.0600. The average molecular weight is 572 g/mol. The number of esters is 1. The predicted molar refractivity (Wildman–Crippen MR) is 128 cm³/mol. The highest BCUT2D eigenvalue weighted by Crippen LogP contribution is 2.38. The van der Waals surface area contributed by atoms with Crippen molar-refractivity contribution in [3.8, 4) is 0 Å². The van der Waals surface area contributed by atoms with Gasteiger partial charge >= 0.3 is 5.97 Å². The number of thiophene rings is 1. The first-order valence-electron chi connectivity index (χ1n) is 9.00. The van der Waals surface area contributed by atoms with Gasteiger partial charge in [-0.05, 0) is 79.7 Å². The van der Waals surface area contributed by atoms with E-state index in [0.29, 0.717) is 22.6 Å². The summed E-state index contributed by atoms with van der Waals surface area (Å²) >= 11 is 14.7. The summed E-state index contributed by atoms with van der Waals surface area (Å²) in [5.74, 6) is -0.568. The van der Waals surface area contributed by atoms with Crippen molar-refractivity contribution in [1.29, 1.82) is 0 Å². The number of hydrogen-bond donors (Lipinski definition) is 1. The van der Waals surface area contributed by atoms with Gasteiger partial charge in [-0.15, -0.1) is 11.3 Å². The lowest BCUT2D eigenvalue weighted by Crippen LogP contribution is -2.27. The van der Waals surface area contributed by atoms with Crippen molar-refractivity contribution in [2.75, 3.05) is 7.11 Å². The summed E-state index contributed by atoms with van der Waals surface area (Å²) in [5.41, 5.74) is 3.88. The molecule has 30 heavy (non-hydrogen) atoms. The Kier molecular flexibility index (Phi) is 7.74. The van der Waals surface area contributed by atoms with Gasteiger partial charge in [-0.1, -0.05) is 35.9 Å². The first-order valence-corrected chi connectivity index (χ1v) is 11.8. The minimum absolute atomic E-state index is 0.176. The molecule has 0 aliphatic heterocycles. The fourth-order valence-corrected chi connectivity index (χ4v) is 6.39. The molecule has 1 aromatic heterocycles. The largest absolute Gasteiger partial charge is 0.465 e. The number of carbonyl (C=O) groups is 2. The quantitative estimate of drug-likeness (QED) is 0.331. The summed E-state index contributed by atoms with van der Waals surface area (Å²) in [5, 5.41) is 3.70. The minimum atomic E-state index is -0.393. The standard InChI is InChI=1S/C22H18Br2ClNO3S/c1-12(14-6-8-15(9-7-14)22(28)29-2)26-21(27)18-17(19(23)30-20(18)24)11-13-4-3-5-16(25)10-13/h3-10,12H,11H2,1-2H3,(H,26,27). The molecule has 0 saturated carbocycles. The Morgan fingerprint density at radius 1 is 1.13 bits per heavy atom. The lowest BCUT2D eigenvalue weighted by atomic mass is 10.0. The van der Waals surface area contributed by atoms with Crippen molar-refractivity contribution in [3.05, 3.63) is 88.9 Å². The molecule has 3 aromatic rings. The van der Waals surface area contributed by atoms with Gasteiger partial charge in [0.25, 0.3) is 5.91 Å². The van der Waals surface area contributed by atoms with Crippen molar-refractivity contribution in [3.63, 3.8) is 0 Å². The smallest absolute Gasteiger partial charge is 0.337 e. The van der Waals surface area contributed by atoms with E-state index in [1.807, 2.05) is 43.3 Å². The Hall–Kier alpha value is -1.67. The maximum Gasteiger partial charge on any atom is 0.337 e. The van der Waals surface area contributed by atoms with Gasteiger partial charge in [0.15, 0.2) is 0 Å². The Bertz CT molecular complexity index is 1080. The molecule has 4 nitrogen and oxygen atoms in total. The number of ether oxygens (including phenoxy) is 1. The molecule has 0 spiro atoms. The van der Waals surface area contributed by atoms with E-state index in [1.165, 1.54) is 18.4 Å². The van der Waals surface area contributed by atoms with Gasteiger partial charge in [0.2, 0.25) is 0 Å². The number of hydrogen-bond acceptors (Lipinski definition) is 4. The van der Waals surface area contributed by atoms with Crippen LogP contribution < -0.4 is 5.32 Å². The zero-order valence-electron chi connectivity index (χ0n) is 16.2. The van der Waals surface area contributed by atoms with Gasteiger partial charge in [-0.25, -0.2) is 4.79 Å². The zero-order valence-corrected chi connectivity index (χ0v) is 20.9. The van der Waals surface area contributed by atoms with Crippen LogP contribution in [0.2, 0.25) is 5.02 Å². The van der Waals surface area contributed by atoms with Crippen LogP contribution in [0.3, 0.4) is 0 Å². The number of nitrogens with one attached hydrogen (secondary N) is 1. The molecule has 0 bridgehead atoms. The molecule has 0 fully saturated rings. The predicted octanol–water partition coefficient (Wildman–Crippen LogP) is 6.79. The maximum absolute atomic E-state index is 13.1. The second-order valence-electron chi connectivity index (χ2n) is 6.62. The van der Waals surface area contributed by atoms with E-state index >= 15 is 0 Å². The SMILES string of the molecule is COC(=O)c1ccc(C(C)NC(=O)c2c(Br)sc(Br)c2Cc2cccc(Cl)c2)cc1. The Labute approximate surface area is 200 Å². The minimum Gasteiger partial charge on any atom is -0.465 e. The van der Waals surface area contributed by atoms with Crippen LogP contribution in [0.25, 0.3) is 0 Å². The van der Waals surface area contributed by atoms with Crippen LogP contribution in [-0.4, -0.2) is 19.0 Å². The molecule has 3 rings (SSSR count). The molecule has 1 heterocycles. The van der Waals surface area contributed by atoms with Gasteiger partial charge in [0.1, 0.15) is 0 Å². The summed E-state index contributed by atoms with van der Waals surface area (Å²) in [7, 11) is 1.34. The molecular weight excluding hydrogens is 554 g/mol. The summed E-state index contributed by atoms with van der Waals surface area (Å²) in [6.45, 7) is 1.90. The Balaban J connectivity index is 1.80. The monoisotopic (exact) mass is 569 g/mol. The summed E-state index contributed by atoms with van der Waals surface area (Å²) < 4.78 is 6.38. The van der Waals surface area contributed by atoms with Crippen LogP contribution in [0.5, 0.6) is 0 Å². The topological polar surface area (TPSA) is 55.4 Å². The van der Waals surface area contributed by atoms with Crippen molar-refractivity contribution in [2.45, 2.75) is 19.4 Å². The second-order valence-corrected chi connectivity index (χ2v) is 10.7. The Morgan fingerprint density at radius 2 is 1.83 bits per heavy atom. The van der Waals surface area contributed by atoms with Crippen LogP contribution in [0.1, 0.15) is 50.4 Å². The van der Waals surface area contributed by atoms with E-state index in [-0.39, 0.29) is 11.9 Å². The van der Waals surface area contributed by atoms with Gasteiger partial charge in [0.05, 0.1) is 31.9 Å². The fourth-order valence-electron chi connectivity index (χ4n) is 3.02. The van der Waals surface area contributed by atoms with Crippen molar-refractivity contribution >= 4 is 66.7 Å². The fraction of sp³-hybridized carbons (Fsp3) is 0.182. The maximum atomic E-state index is 13.1. The van der Waals surface area contributed by atoms with E-state index in [4.69, 9.17) is 16.3 Å². The molecule has 0 radical (unpaired) electrons. The molecule has 1 atom stereocenters. The molecule has 0 saturated heterocycles. The summed E-state index contributed by atoms with van der Waals surface area (Å²) in [6, 6.07) is 14.3. The van der Waals surface area contributed by atoms with Crippen molar-refractivity contribution < 1.29 is 14.3 Å². The molecule has 1 unspecified atom stereocenters. The average Bonchev–Trinajstić information content (AvgIpc) is 3.00. The highest BCUT2D eigenvalue weighted by molar-refractivity contribution is 9.12. The third-order valence-corrected chi connectivity index (χ3v) is 7.48. The lowest BCUT2D eigenvalue weighted by Gasteiger charge is -2.16. The van der Waals surface area contributed by atoms with Gasteiger partial charge in [0, 0.05) is 11.4 Å². The molecule has 0 aliphatic rings. The molecule has 156 valence electrons. The number of rotatable bonds is 6. The number of carbonyl (C=O) groups excluding carboxylic acids is 2. The number of methoxy groups -OCH3 is 1. The second kappa shape index (κ2) is 10.1. The normalized spacial score (nSPS) is 11.8. The third kappa shape index (κ3) is 5.32. The Morgan fingerprint density at radius 3 is 2.47 bits per heavy atom. The van der Waals surface area contributed by atoms with Crippen LogP contribution in [-0.2, 0) is 11.2 Å². The summed E-state index contributed by atoms with van der Waals surface area (Å²) in [6.07, 6.45) is 0.578. The zero-order chi connectivity index (χ0) is 21.8. The highest BCUT2D eigenvalue weighted by atomic mass is 79.9. The van der Waals surface area contributed by atoms with E-state index in [1.54, 1.807) is 12.1 Å². The van der Waals surface area contributed by atoms with E-state index in [9.17, 15) is 9.59 Å². The number of amides is 1. The van der Waals surface area contributed by atoms with Gasteiger partial charge < -0.3 is 10.1 Å². The molecule has 2 aromatic carbocycles. The first-order chi connectivity index (χ1) is 14.3. The number of halogens is 3. The van der Waals surface area contributed by atoms with E-state index < -0.39 is 5.97 Å². The molecule has 8 heteroatoms. The first kappa shape index (κ1) is 23.0. The van der Waals surface area contributed by atoms with Gasteiger partial charge in [-0.2, -0.15) is 0 Å². The van der Waals surface area contributed by atoms with Crippen molar-refractivity contribution in [1.82, 2.24) is 5.32 Å². The van der Waals surface area contributed by atoms with E-state index in [0.717, 1.165) is 24.3 Å².